The number of hydrogen-bond donors (Lipinski definition) is 1. The van der Waals surface area contributed by atoms with Gasteiger partial charge in [0.15, 0.2) is 0 Å². The van der Waals surface area contributed by atoms with Crippen LogP contribution < -0.4 is 19.7 Å². The van der Waals surface area contributed by atoms with Crippen LogP contribution in [0.3, 0.4) is 0 Å². The van der Waals surface area contributed by atoms with Gasteiger partial charge in [-0.1, -0.05) is 0 Å². The molecule has 2 saturated heterocycles. The van der Waals surface area contributed by atoms with Crippen molar-refractivity contribution in [1.82, 2.24) is 14.9 Å². The quantitative estimate of drug-likeness (QED) is 0.712. The fourth-order valence-electron chi connectivity index (χ4n) is 4.35. The topological polar surface area (TPSA) is 106 Å². The van der Waals surface area contributed by atoms with Crippen molar-refractivity contribution in [2.75, 3.05) is 50.6 Å². The third-order valence-electron chi connectivity index (χ3n) is 5.93. The van der Waals surface area contributed by atoms with Gasteiger partial charge in [-0.15, -0.1) is 0 Å². The summed E-state index contributed by atoms with van der Waals surface area (Å²) >= 11 is 0. The van der Waals surface area contributed by atoms with Gasteiger partial charge in [-0.05, 0) is 20.8 Å². The third-order valence-corrected chi connectivity index (χ3v) is 5.93. The van der Waals surface area contributed by atoms with Crippen molar-refractivity contribution in [3.8, 4) is 11.5 Å². The standard InChI is InChI=1S/C24H31N5O5/c1-24(2,3)34-23(31)29-13-15-11-28(12-16(15)14-29)21-10-25-9-20(27-21)22(30)26-17-6-18(32-4)8-19(7-17)33-5/h6-10,15-16H,11-14H2,1-5H3,(H,26,30)/t15-,16+. The summed E-state index contributed by atoms with van der Waals surface area (Å²) in [5, 5.41) is 2.82. The molecule has 1 aromatic carbocycles. The maximum absolute atomic E-state index is 12.8. The Bertz CT molecular complexity index is 1030. The Labute approximate surface area is 199 Å². The Morgan fingerprint density at radius 2 is 1.59 bits per heavy atom. The highest BCUT2D eigenvalue weighted by Crippen LogP contribution is 2.34. The minimum atomic E-state index is -0.507. The van der Waals surface area contributed by atoms with Crippen LogP contribution >= 0.6 is 0 Å². The van der Waals surface area contributed by atoms with Gasteiger partial charge in [-0.3, -0.25) is 9.78 Å². The van der Waals surface area contributed by atoms with Crippen LogP contribution in [0.1, 0.15) is 31.3 Å². The second-order valence-electron chi connectivity index (χ2n) is 9.63. The van der Waals surface area contributed by atoms with Crippen molar-refractivity contribution in [3.05, 3.63) is 36.3 Å². The first kappa shape index (κ1) is 23.6. The number of anilines is 2. The number of fused-ring (bicyclic) bond motifs is 1. The van der Waals surface area contributed by atoms with Crippen molar-refractivity contribution >= 4 is 23.5 Å². The summed E-state index contributed by atoms with van der Waals surface area (Å²) < 4.78 is 16.0. The molecule has 0 spiro atoms. The minimum Gasteiger partial charge on any atom is -0.497 e. The summed E-state index contributed by atoms with van der Waals surface area (Å²) in [5.74, 6) is 2.07. The molecule has 4 rings (SSSR count). The van der Waals surface area contributed by atoms with E-state index in [-0.39, 0.29) is 17.7 Å². The van der Waals surface area contributed by atoms with Crippen LogP contribution in [0.25, 0.3) is 0 Å². The summed E-state index contributed by atoms with van der Waals surface area (Å²) in [6.45, 7) is 8.42. The lowest BCUT2D eigenvalue weighted by atomic mass is 10.0. The van der Waals surface area contributed by atoms with E-state index in [1.165, 1.54) is 6.20 Å². The lowest BCUT2D eigenvalue weighted by Crippen LogP contribution is -2.37. The molecule has 0 aliphatic carbocycles. The molecule has 0 radical (unpaired) electrons. The number of benzene rings is 1. The molecule has 2 aliphatic heterocycles. The van der Waals surface area contributed by atoms with E-state index in [2.05, 4.69) is 20.2 Å². The van der Waals surface area contributed by atoms with E-state index in [0.29, 0.717) is 47.9 Å². The molecule has 2 atom stereocenters. The minimum absolute atomic E-state index is 0.215. The smallest absolute Gasteiger partial charge is 0.410 e. The van der Waals surface area contributed by atoms with Gasteiger partial charge >= 0.3 is 6.09 Å². The first-order chi connectivity index (χ1) is 16.1. The Morgan fingerprint density at radius 1 is 0.971 bits per heavy atom. The lowest BCUT2D eigenvalue weighted by Gasteiger charge is -2.26. The zero-order chi connectivity index (χ0) is 24.5. The van der Waals surface area contributed by atoms with E-state index in [0.717, 1.165) is 13.1 Å². The molecule has 10 nitrogen and oxygen atoms in total. The number of hydrogen-bond acceptors (Lipinski definition) is 8. The van der Waals surface area contributed by atoms with E-state index >= 15 is 0 Å². The number of carbonyl (C=O) groups excluding carboxylic acids is 2. The van der Waals surface area contributed by atoms with Crippen molar-refractivity contribution in [2.24, 2.45) is 11.8 Å². The summed E-state index contributed by atoms with van der Waals surface area (Å²) in [6.07, 6.45) is 2.84. The van der Waals surface area contributed by atoms with Gasteiger partial charge in [0.25, 0.3) is 5.91 Å². The Morgan fingerprint density at radius 3 is 2.15 bits per heavy atom. The second-order valence-corrected chi connectivity index (χ2v) is 9.63. The maximum Gasteiger partial charge on any atom is 0.410 e. The van der Waals surface area contributed by atoms with Crippen LogP contribution in [0.4, 0.5) is 16.3 Å². The van der Waals surface area contributed by atoms with E-state index in [1.54, 1.807) is 43.5 Å². The van der Waals surface area contributed by atoms with Gasteiger partial charge < -0.3 is 29.3 Å². The zero-order valence-electron chi connectivity index (χ0n) is 20.2. The Kier molecular flexibility index (Phi) is 6.49. The van der Waals surface area contributed by atoms with Crippen LogP contribution in [-0.4, -0.2) is 72.9 Å². The molecule has 2 aliphatic rings. The molecule has 2 aromatic rings. The SMILES string of the molecule is COc1cc(NC(=O)c2cncc(N3C[C@H]4CN(C(=O)OC(C)(C)C)C[C@H]4C3)n2)cc(OC)c1. The van der Waals surface area contributed by atoms with Crippen molar-refractivity contribution in [1.29, 1.82) is 0 Å². The molecule has 1 N–H and O–H groups in total. The lowest BCUT2D eigenvalue weighted by molar-refractivity contribution is 0.0282. The molecule has 2 fully saturated rings. The predicted molar refractivity (Wildman–Crippen MR) is 127 cm³/mol. The molecule has 182 valence electrons. The van der Waals surface area contributed by atoms with Crippen molar-refractivity contribution in [2.45, 2.75) is 26.4 Å². The van der Waals surface area contributed by atoms with Crippen LogP contribution in [0.5, 0.6) is 11.5 Å². The molecule has 3 heterocycles. The molecular formula is C24H31N5O5. The molecular weight excluding hydrogens is 438 g/mol. The number of nitrogens with one attached hydrogen (secondary N) is 1. The Balaban J connectivity index is 1.40. The summed E-state index contributed by atoms with van der Waals surface area (Å²) in [6, 6.07) is 5.13. The fourth-order valence-corrected chi connectivity index (χ4v) is 4.35. The number of likely N-dealkylation sites (tertiary alicyclic amines) is 1. The van der Waals surface area contributed by atoms with Gasteiger partial charge in [-0.25, -0.2) is 9.78 Å². The number of amides is 2. The number of nitrogens with zero attached hydrogens (tertiary/aromatic N) is 4. The highest BCUT2D eigenvalue weighted by molar-refractivity contribution is 6.03. The highest BCUT2D eigenvalue weighted by atomic mass is 16.6. The van der Waals surface area contributed by atoms with Crippen molar-refractivity contribution < 1.29 is 23.8 Å². The van der Waals surface area contributed by atoms with Crippen molar-refractivity contribution in [3.63, 3.8) is 0 Å². The first-order valence-electron chi connectivity index (χ1n) is 11.2. The van der Waals surface area contributed by atoms with Gasteiger partial charge in [0.1, 0.15) is 28.6 Å². The second kappa shape index (κ2) is 9.36. The largest absolute Gasteiger partial charge is 0.497 e. The predicted octanol–water partition coefficient (Wildman–Crippen LogP) is 3.05. The van der Waals surface area contributed by atoms with Gasteiger partial charge in [0.2, 0.25) is 0 Å². The molecule has 0 unspecified atom stereocenters. The number of rotatable bonds is 5. The Hall–Kier alpha value is -3.56. The molecule has 34 heavy (non-hydrogen) atoms. The number of methoxy groups -OCH3 is 2. The molecule has 10 heteroatoms. The molecule has 2 amide bonds. The first-order valence-corrected chi connectivity index (χ1v) is 11.2. The molecule has 0 bridgehead atoms. The van der Waals surface area contributed by atoms with Crippen LogP contribution in [0.2, 0.25) is 0 Å². The van der Waals surface area contributed by atoms with E-state index in [9.17, 15) is 9.59 Å². The number of carbonyl (C=O) groups is 2. The average Bonchev–Trinajstić information content (AvgIpc) is 3.37. The number of aromatic nitrogens is 2. The maximum atomic E-state index is 12.8. The number of ether oxygens (including phenoxy) is 3. The fraction of sp³-hybridized carbons (Fsp3) is 0.500. The summed E-state index contributed by atoms with van der Waals surface area (Å²) in [5.41, 5.74) is 0.242. The van der Waals surface area contributed by atoms with Gasteiger partial charge in [-0.2, -0.15) is 0 Å². The van der Waals surface area contributed by atoms with Gasteiger partial charge in [0.05, 0.1) is 26.6 Å². The van der Waals surface area contributed by atoms with Crippen LogP contribution in [0, 0.1) is 11.8 Å². The van der Waals surface area contributed by atoms with Crippen LogP contribution in [0.15, 0.2) is 30.6 Å². The van der Waals surface area contributed by atoms with E-state index in [4.69, 9.17) is 14.2 Å². The summed E-state index contributed by atoms with van der Waals surface area (Å²) in [7, 11) is 3.10. The highest BCUT2D eigenvalue weighted by Gasteiger charge is 2.43. The monoisotopic (exact) mass is 469 g/mol. The van der Waals surface area contributed by atoms with E-state index < -0.39 is 5.60 Å². The van der Waals surface area contributed by atoms with Gasteiger partial charge in [0, 0.05) is 61.9 Å². The normalized spacial score (nSPS) is 19.6. The third kappa shape index (κ3) is 5.32. The summed E-state index contributed by atoms with van der Waals surface area (Å²) in [4.78, 5) is 37.9. The van der Waals surface area contributed by atoms with E-state index in [1.807, 2.05) is 20.8 Å². The average molecular weight is 470 g/mol. The molecule has 1 aromatic heterocycles. The zero-order valence-corrected chi connectivity index (χ0v) is 20.2. The molecule has 0 saturated carbocycles. The van der Waals surface area contributed by atoms with Crippen LogP contribution in [-0.2, 0) is 4.74 Å².